The SMILES string of the molecule is N#Cc1cnc(Nc2cc(-c3c(O)cccc3OCC3CC3)[nH]n2)cn1. The molecule has 8 heteroatoms. The number of nitriles is 1. The molecule has 2 heterocycles. The van der Waals surface area contributed by atoms with Crippen LogP contribution in [0.15, 0.2) is 36.7 Å². The molecule has 0 spiro atoms. The normalized spacial score (nSPS) is 13.2. The van der Waals surface area contributed by atoms with Crippen LogP contribution < -0.4 is 10.1 Å². The zero-order chi connectivity index (χ0) is 17.9. The first-order valence-electron chi connectivity index (χ1n) is 8.22. The highest BCUT2D eigenvalue weighted by Crippen LogP contribution is 2.39. The highest BCUT2D eigenvalue weighted by Gasteiger charge is 2.23. The lowest BCUT2D eigenvalue weighted by atomic mass is 10.1. The second-order valence-electron chi connectivity index (χ2n) is 6.10. The van der Waals surface area contributed by atoms with Gasteiger partial charge in [0, 0.05) is 6.07 Å². The number of nitrogens with one attached hydrogen (secondary N) is 2. The summed E-state index contributed by atoms with van der Waals surface area (Å²) >= 11 is 0. The number of nitrogens with zero attached hydrogens (tertiary/aromatic N) is 4. The molecule has 0 saturated heterocycles. The van der Waals surface area contributed by atoms with E-state index in [1.165, 1.54) is 25.2 Å². The maximum absolute atomic E-state index is 10.3. The lowest BCUT2D eigenvalue weighted by molar-refractivity contribution is 0.299. The fourth-order valence-electron chi connectivity index (χ4n) is 2.50. The number of phenols is 1. The highest BCUT2D eigenvalue weighted by atomic mass is 16.5. The summed E-state index contributed by atoms with van der Waals surface area (Å²) in [5, 5.41) is 29.1. The van der Waals surface area contributed by atoms with Crippen molar-refractivity contribution in [2.24, 2.45) is 5.92 Å². The van der Waals surface area contributed by atoms with Gasteiger partial charge in [0.05, 0.1) is 30.3 Å². The molecule has 1 aromatic carbocycles. The van der Waals surface area contributed by atoms with Crippen LogP contribution in [0.25, 0.3) is 11.3 Å². The van der Waals surface area contributed by atoms with Crippen molar-refractivity contribution in [1.82, 2.24) is 20.2 Å². The van der Waals surface area contributed by atoms with Gasteiger partial charge in [-0.3, -0.25) is 5.10 Å². The molecule has 8 nitrogen and oxygen atoms in total. The second kappa shape index (κ2) is 6.72. The monoisotopic (exact) mass is 348 g/mol. The van der Waals surface area contributed by atoms with Gasteiger partial charge >= 0.3 is 0 Å². The van der Waals surface area contributed by atoms with Gasteiger partial charge in [-0.1, -0.05) is 6.07 Å². The lowest BCUT2D eigenvalue weighted by Crippen LogP contribution is -2.00. The number of hydrogen-bond donors (Lipinski definition) is 3. The summed E-state index contributed by atoms with van der Waals surface area (Å²) in [7, 11) is 0. The first kappa shape index (κ1) is 15.9. The number of H-pyrrole nitrogens is 1. The number of aromatic hydroxyl groups is 1. The van der Waals surface area contributed by atoms with Crippen molar-refractivity contribution < 1.29 is 9.84 Å². The molecule has 0 amide bonds. The molecule has 0 unspecified atom stereocenters. The number of rotatable bonds is 6. The molecule has 1 fully saturated rings. The minimum absolute atomic E-state index is 0.117. The van der Waals surface area contributed by atoms with E-state index in [2.05, 4.69) is 25.5 Å². The molecular formula is C18H16N6O2. The van der Waals surface area contributed by atoms with Gasteiger partial charge in [-0.05, 0) is 30.9 Å². The average Bonchev–Trinajstić information content (AvgIpc) is 3.39. The Balaban J connectivity index is 1.56. The van der Waals surface area contributed by atoms with E-state index in [0.29, 0.717) is 41.2 Å². The van der Waals surface area contributed by atoms with E-state index >= 15 is 0 Å². The van der Waals surface area contributed by atoms with Crippen LogP contribution >= 0.6 is 0 Å². The quantitative estimate of drug-likeness (QED) is 0.626. The smallest absolute Gasteiger partial charge is 0.158 e. The van der Waals surface area contributed by atoms with Gasteiger partial charge in [-0.2, -0.15) is 10.4 Å². The summed E-state index contributed by atoms with van der Waals surface area (Å²) in [6.07, 6.45) is 5.22. The Morgan fingerprint density at radius 3 is 2.88 bits per heavy atom. The Kier molecular flexibility index (Phi) is 4.11. The van der Waals surface area contributed by atoms with Gasteiger partial charge in [-0.25, -0.2) is 9.97 Å². The fraction of sp³-hybridized carbons (Fsp3) is 0.222. The van der Waals surface area contributed by atoms with E-state index in [1.54, 1.807) is 18.2 Å². The topological polar surface area (TPSA) is 120 Å². The number of ether oxygens (including phenoxy) is 1. The zero-order valence-corrected chi connectivity index (χ0v) is 13.8. The number of aromatic amines is 1. The summed E-state index contributed by atoms with van der Waals surface area (Å²) in [5.41, 5.74) is 1.43. The molecule has 4 rings (SSSR count). The first-order valence-corrected chi connectivity index (χ1v) is 8.22. The Bertz CT molecular complexity index is 957. The highest BCUT2D eigenvalue weighted by molar-refractivity contribution is 5.76. The zero-order valence-electron chi connectivity index (χ0n) is 13.8. The molecule has 0 radical (unpaired) electrons. The summed E-state index contributed by atoms with van der Waals surface area (Å²) in [6.45, 7) is 0.649. The Morgan fingerprint density at radius 2 is 2.15 bits per heavy atom. The van der Waals surface area contributed by atoms with Crippen molar-refractivity contribution >= 4 is 11.6 Å². The summed E-state index contributed by atoms with van der Waals surface area (Å²) in [5.74, 6) is 2.32. The Hall–Kier alpha value is -3.60. The van der Waals surface area contributed by atoms with Crippen molar-refractivity contribution in [1.29, 1.82) is 5.26 Å². The minimum Gasteiger partial charge on any atom is -0.507 e. The molecular weight excluding hydrogens is 332 g/mol. The van der Waals surface area contributed by atoms with E-state index in [9.17, 15) is 5.11 Å². The van der Waals surface area contributed by atoms with Crippen molar-refractivity contribution in [3.63, 3.8) is 0 Å². The predicted octanol–water partition coefficient (Wildman–Crippen LogP) is 2.98. The van der Waals surface area contributed by atoms with Gasteiger partial charge < -0.3 is 15.2 Å². The molecule has 0 bridgehead atoms. The number of hydrogen-bond acceptors (Lipinski definition) is 7. The van der Waals surface area contributed by atoms with Crippen LogP contribution in [0.1, 0.15) is 18.5 Å². The van der Waals surface area contributed by atoms with Crippen LogP contribution in [-0.2, 0) is 0 Å². The van der Waals surface area contributed by atoms with Crippen LogP contribution in [0, 0.1) is 17.2 Å². The number of phenolic OH excluding ortho intramolecular Hbond substituents is 1. The average molecular weight is 348 g/mol. The van der Waals surface area contributed by atoms with Gasteiger partial charge in [0.1, 0.15) is 23.4 Å². The number of anilines is 2. The molecule has 3 N–H and O–H groups in total. The Labute approximate surface area is 149 Å². The maximum Gasteiger partial charge on any atom is 0.158 e. The third-order valence-electron chi connectivity index (χ3n) is 4.05. The van der Waals surface area contributed by atoms with Gasteiger partial charge in [0.2, 0.25) is 0 Å². The molecule has 0 atom stereocenters. The molecule has 26 heavy (non-hydrogen) atoms. The van der Waals surface area contributed by atoms with E-state index < -0.39 is 0 Å². The van der Waals surface area contributed by atoms with E-state index in [4.69, 9.17) is 10.00 Å². The van der Waals surface area contributed by atoms with Crippen molar-refractivity contribution in [3.8, 4) is 28.8 Å². The van der Waals surface area contributed by atoms with E-state index in [0.717, 1.165) is 0 Å². The van der Waals surface area contributed by atoms with Crippen LogP contribution in [-0.4, -0.2) is 31.9 Å². The van der Waals surface area contributed by atoms with Crippen LogP contribution in [0.3, 0.4) is 0 Å². The summed E-state index contributed by atoms with van der Waals surface area (Å²) in [6, 6.07) is 8.86. The molecule has 1 aliphatic carbocycles. The predicted molar refractivity (Wildman–Crippen MR) is 93.9 cm³/mol. The second-order valence-corrected chi connectivity index (χ2v) is 6.10. The third-order valence-corrected chi connectivity index (χ3v) is 4.05. The first-order chi connectivity index (χ1) is 12.7. The molecule has 1 aliphatic rings. The van der Waals surface area contributed by atoms with Gasteiger partial charge in [-0.15, -0.1) is 0 Å². The van der Waals surface area contributed by atoms with Crippen LogP contribution in [0.5, 0.6) is 11.5 Å². The number of benzene rings is 1. The van der Waals surface area contributed by atoms with Crippen LogP contribution in [0.2, 0.25) is 0 Å². The van der Waals surface area contributed by atoms with Crippen molar-refractivity contribution in [3.05, 3.63) is 42.4 Å². The summed E-state index contributed by atoms with van der Waals surface area (Å²) < 4.78 is 5.87. The number of aromatic nitrogens is 4. The molecule has 0 aliphatic heterocycles. The van der Waals surface area contributed by atoms with Crippen LogP contribution in [0.4, 0.5) is 11.6 Å². The summed E-state index contributed by atoms with van der Waals surface area (Å²) in [4.78, 5) is 8.04. The fourth-order valence-corrected chi connectivity index (χ4v) is 2.50. The Morgan fingerprint density at radius 1 is 1.27 bits per heavy atom. The maximum atomic E-state index is 10.3. The van der Waals surface area contributed by atoms with Crippen molar-refractivity contribution in [2.45, 2.75) is 12.8 Å². The molecule has 130 valence electrons. The largest absolute Gasteiger partial charge is 0.507 e. The lowest BCUT2D eigenvalue weighted by Gasteiger charge is -2.11. The van der Waals surface area contributed by atoms with Crippen molar-refractivity contribution in [2.75, 3.05) is 11.9 Å². The van der Waals surface area contributed by atoms with Gasteiger partial charge in [0.15, 0.2) is 11.5 Å². The third kappa shape index (κ3) is 3.42. The van der Waals surface area contributed by atoms with Gasteiger partial charge in [0.25, 0.3) is 0 Å². The molecule has 1 saturated carbocycles. The standard InChI is InChI=1S/C18H16N6O2/c19-7-12-8-21-17(9-20-12)22-16-6-13(23-24-16)18-14(25)2-1-3-15(18)26-10-11-4-5-11/h1-3,6,8-9,11,25H,4-5,10H2,(H2,21,22,23,24). The molecule has 2 aromatic heterocycles. The molecule has 3 aromatic rings. The van der Waals surface area contributed by atoms with E-state index in [1.807, 2.05) is 12.1 Å². The van der Waals surface area contributed by atoms with E-state index in [-0.39, 0.29) is 11.4 Å². The minimum atomic E-state index is 0.117.